The van der Waals surface area contributed by atoms with Crippen molar-refractivity contribution in [2.75, 3.05) is 10.6 Å². The standard InChI is InChI=1S/C16H18F3N5O2/c1-3-10(2)21-15-22-13(16(17,18)19)8-14(23-15)20-9-11-4-6-12(7-5-11)24(25)26/h4-8,10H,3,9H2,1-2H3,(H2,20,21,22,23)/t10-/m0/s1. The molecule has 0 aliphatic carbocycles. The molecule has 0 unspecified atom stereocenters. The first-order valence-corrected chi connectivity index (χ1v) is 7.89. The van der Waals surface area contributed by atoms with E-state index in [1.54, 1.807) is 0 Å². The van der Waals surface area contributed by atoms with E-state index in [0.29, 0.717) is 12.0 Å². The third-order valence-electron chi connectivity index (χ3n) is 3.63. The summed E-state index contributed by atoms with van der Waals surface area (Å²) in [5.41, 5.74) is -0.445. The second kappa shape index (κ2) is 7.98. The van der Waals surface area contributed by atoms with E-state index >= 15 is 0 Å². The predicted octanol–water partition coefficient (Wildman–Crippen LogP) is 4.23. The van der Waals surface area contributed by atoms with Gasteiger partial charge in [-0.1, -0.05) is 19.1 Å². The lowest BCUT2D eigenvalue weighted by atomic mass is 10.2. The van der Waals surface area contributed by atoms with Gasteiger partial charge in [-0.25, -0.2) is 4.98 Å². The fourth-order valence-electron chi connectivity index (χ4n) is 2.00. The van der Waals surface area contributed by atoms with Crippen molar-refractivity contribution in [3.63, 3.8) is 0 Å². The molecule has 0 spiro atoms. The first-order valence-electron chi connectivity index (χ1n) is 7.89. The minimum Gasteiger partial charge on any atom is -0.366 e. The molecule has 1 heterocycles. The lowest BCUT2D eigenvalue weighted by Crippen LogP contribution is -2.19. The minimum atomic E-state index is -4.60. The van der Waals surface area contributed by atoms with Crippen LogP contribution in [0.5, 0.6) is 0 Å². The number of nitro groups is 1. The molecule has 2 N–H and O–H groups in total. The topological polar surface area (TPSA) is 93.0 Å². The lowest BCUT2D eigenvalue weighted by molar-refractivity contribution is -0.384. The van der Waals surface area contributed by atoms with E-state index in [1.165, 1.54) is 24.3 Å². The molecule has 1 aromatic heterocycles. The van der Waals surface area contributed by atoms with E-state index in [1.807, 2.05) is 13.8 Å². The van der Waals surface area contributed by atoms with Crippen LogP contribution in [0.25, 0.3) is 0 Å². The van der Waals surface area contributed by atoms with Crippen LogP contribution in [0.1, 0.15) is 31.5 Å². The summed E-state index contributed by atoms with van der Waals surface area (Å²) in [5.74, 6) is -0.100. The smallest absolute Gasteiger partial charge is 0.366 e. The van der Waals surface area contributed by atoms with Crippen LogP contribution in [0, 0.1) is 10.1 Å². The Morgan fingerprint density at radius 3 is 2.42 bits per heavy atom. The molecule has 1 atom stereocenters. The number of rotatable bonds is 7. The zero-order chi connectivity index (χ0) is 19.3. The molecule has 26 heavy (non-hydrogen) atoms. The number of benzene rings is 1. The van der Waals surface area contributed by atoms with Gasteiger partial charge in [0.05, 0.1) is 4.92 Å². The fourth-order valence-corrected chi connectivity index (χ4v) is 2.00. The summed E-state index contributed by atoms with van der Waals surface area (Å²) in [6, 6.07) is 6.45. The van der Waals surface area contributed by atoms with Gasteiger partial charge in [0.2, 0.25) is 5.95 Å². The van der Waals surface area contributed by atoms with Crippen LogP contribution in [-0.2, 0) is 12.7 Å². The largest absolute Gasteiger partial charge is 0.433 e. The van der Waals surface area contributed by atoms with Crippen molar-refractivity contribution in [3.8, 4) is 0 Å². The van der Waals surface area contributed by atoms with Gasteiger partial charge in [-0.2, -0.15) is 18.2 Å². The molecule has 1 aromatic carbocycles. The summed E-state index contributed by atoms with van der Waals surface area (Å²) in [7, 11) is 0. The SMILES string of the molecule is CC[C@H](C)Nc1nc(NCc2ccc([N+](=O)[O-])cc2)cc(C(F)(F)F)n1. The van der Waals surface area contributed by atoms with Gasteiger partial charge >= 0.3 is 6.18 Å². The molecule has 140 valence electrons. The van der Waals surface area contributed by atoms with Crippen molar-refractivity contribution in [1.82, 2.24) is 9.97 Å². The van der Waals surface area contributed by atoms with Crippen LogP contribution >= 0.6 is 0 Å². The summed E-state index contributed by atoms with van der Waals surface area (Å²) >= 11 is 0. The normalized spacial score (nSPS) is 12.5. The van der Waals surface area contributed by atoms with Gasteiger partial charge in [0.25, 0.3) is 5.69 Å². The zero-order valence-corrected chi connectivity index (χ0v) is 14.2. The molecule has 0 aliphatic rings. The van der Waals surface area contributed by atoms with Gasteiger partial charge in [0.15, 0.2) is 5.69 Å². The van der Waals surface area contributed by atoms with Crippen molar-refractivity contribution in [1.29, 1.82) is 0 Å². The Labute approximate surface area is 147 Å². The number of anilines is 2. The molecule has 7 nitrogen and oxygen atoms in total. The van der Waals surface area contributed by atoms with E-state index in [-0.39, 0.29) is 30.0 Å². The highest BCUT2D eigenvalue weighted by Crippen LogP contribution is 2.30. The highest BCUT2D eigenvalue weighted by atomic mass is 19.4. The quantitative estimate of drug-likeness (QED) is 0.560. The van der Waals surface area contributed by atoms with Gasteiger partial charge in [-0.15, -0.1) is 0 Å². The molecule has 2 rings (SSSR count). The Kier molecular flexibility index (Phi) is 5.96. The Bertz CT molecular complexity index is 765. The van der Waals surface area contributed by atoms with Crippen LogP contribution in [0.3, 0.4) is 0 Å². The maximum atomic E-state index is 13.0. The van der Waals surface area contributed by atoms with Gasteiger partial charge in [-0.3, -0.25) is 10.1 Å². The monoisotopic (exact) mass is 369 g/mol. The number of non-ortho nitro benzene ring substituents is 1. The second-order valence-electron chi connectivity index (χ2n) is 5.69. The van der Waals surface area contributed by atoms with Gasteiger partial charge in [-0.05, 0) is 18.9 Å². The number of alkyl halides is 3. The number of hydrogen-bond acceptors (Lipinski definition) is 6. The number of hydrogen-bond donors (Lipinski definition) is 2. The van der Waals surface area contributed by atoms with Crippen molar-refractivity contribution < 1.29 is 18.1 Å². The van der Waals surface area contributed by atoms with Crippen LogP contribution in [0.4, 0.5) is 30.6 Å². The average molecular weight is 369 g/mol. The summed E-state index contributed by atoms with van der Waals surface area (Å²) < 4.78 is 39.1. The molecule has 0 bridgehead atoms. The van der Waals surface area contributed by atoms with Crippen LogP contribution in [0.2, 0.25) is 0 Å². The third-order valence-corrected chi connectivity index (χ3v) is 3.63. The van der Waals surface area contributed by atoms with Gasteiger partial charge in [0.1, 0.15) is 5.82 Å². The number of nitrogens with one attached hydrogen (secondary N) is 2. The van der Waals surface area contributed by atoms with Gasteiger partial charge in [0, 0.05) is 30.8 Å². The van der Waals surface area contributed by atoms with E-state index in [0.717, 1.165) is 6.07 Å². The van der Waals surface area contributed by atoms with E-state index < -0.39 is 16.8 Å². The Morgan fingerprint density at radius 2 is 1.88 bits per heavy atom. The van der Waals surface area contributed by atoms with Crippen molar-refractivity contribution in [2.45, 2.75) is 39.0 Å². The maximum Gasteiger partial charge on any atom is 0.433 e. The summed E-state index contributed by atoms with van der Waals surface area (Å²) in [4.78, 5) is 17.7. The van der Waals surface area contributed by atoms with E-state index in [9.17, 15) is 23.3 Å². The first kappa shape index (κ1) is 19.4. The van der Waals surface area contributed by atoms with Gasteiger partial charge < -0.3 is 10.6 Å². The van der Waals surface area contributed by atoms with Crippen LogP contribution in [-0.4, -0.2) is 20.9 Å². The lowest BCUT2D eigenvalue weighted by Gasteiger charge is -2.15. The average Bonchev–Trinajstić information content (AvgIpc) is 2.59. The highest BCUT2D eigenvalue weighted by molar-refractivity contribution is 5.44. The first-order chi connectivity index (χ1) is 12.2. The molecule has 10 heteroatoms. The number of nitro benzene ring substituents is 1. The maximum absolute atomic E-state index is 13.0. The molecular formula is C16H18F3N5O2. The van der Waals surface area contributed by atoms with Crippen molar-refractivity contribution in [3.05, 3.63) is 51.7 Å². The molecule has 0 radical (unpaired) electrons. The minimum absolute atomic E-state index is 0.0106. The number of nitrogens with zero attached hydrogens (tertiary/aromatic N) is 3. The van der Waals surface area contributed by atoms with Crippen molar-refractivity contribution >= 4 is 17.5 Å². The number of halogens is 3. The molecule has 0 fully saturated rings. The zero-order valence-electron chi connectivity index (χ0n) is 14.2. The Balaban J connectivity index is 2.18. The molecule has 0 aliphatic heterocycles. The molecule has 0 saturated heterocycles. The molecular weight excluding hydrogens is 351 g/mol. The molecule has 2 aromatic rings. The van der Waals surface area contributed by atoms with Crippen LogP contribution < -0.4 is 10.6 Å². The molecule has 0 saturated carbocycles. The Hall–Kier alpha value is -2.91. The number of aromatic nitrogens is 2. The third kappa shape index (κ3) is 5.30. The summed E-state index contributed by atoms with van der Waals surface area (Å²) in [5, 5.41) is 16.3. The van der Waals surface area contributed by atoms with E-state index in [4.69, 9.17) is 0 Å². The predicted molar refractivity (Wildman–Crippen MR) is 90.8 cm³/mol. The van der Waals surface area contributed by atoms with Crippen molar-refractivity contribution in [2.24, 2.45) is 0 Å². The summed E-state index contributed by atoms with van der Waals surface area (Å²) in [6.45, 7) is 3.86. The second-order valence-corrected chi connectivity index (χ2v) is 5.69. The molecule has 0 amide bonds. The van der Waals surface area contributed by atoms with Crippen LogP contribution in [0.15, 0.2) is 30.3 Å². The van der Waals surface area contributed by atoms with E-state index in [2.05, 4.69) is 20.6 Å². The Morgan fingerprint density at radius 1 is 1.23 bits per heavy atom. The fraction of sp³-hybridized carbons (Fsp3) is 0.375. The summed E-state index contributed by atoms with van der Waals surface area (Å²) in [6.07, 6.45) is -3.90. The highest BCUT2D eigenvalue weighted by Gasteiger charge is 2.33.